The van der Waals surface area contributed by atoms with Crippen molar-refractivity contribution in [2.45, 2.75) is 104 Å². The van der Waals surface area contributed by atoms with Crippen molar-refractivity contribution in [3.63, 3.8) is 0 Å². The van der Waals surface area contributed by atoms with Crippen LogP contribution in [0.15, 0.2) is 0 Å². The molecule has 3 aliphatic carbocycles. The molecule has 9 atom stereocenters. The summed E-state index contributed by atoms with van der Waals surface area (Å²) in [6.45, 7) is 6.16. The first kappa shape index (κ1) is 26.6. The standard InChI is InChI=1S/C29H46O6/c1-17-20-16-21(24-18(20)13-14-22(24)30)23(17)25-19(26(31)35-27(25)32)12-10-8-6-5-7-9-11-15-29(2,3)28(33)34-4/h17-25,30H,5-16H2,1-4H3. The van der Waals surface area contributed by atoms with Crippen molar-refractivity contribution in [2.75, 3.05) is 7.11 Å². The molecule has 35 heavy (non-hydrogen) atoms. The zero-order valence-electron chi connectivity index (χ0n) is 22.2. The molecule has 1 N–H and O–H groups in total. The van der Waals surface area contributed by atoms with Crippen LogP contribution in [0.3, 0.4) is 0 Å². The van der Waals surface area contributed by atoms with Crippen LogP contribution in [0.2, 0.25) is 0 Å². The minimum atomic E-state index is -0.411. The summed E-state index contributed by atoms with van der Waals surface area (Å²) >= 11 is 0. The fourth-order valence-electron chi connectivity index (χ4n) is 8.54. The number of rotatable bonds is 12. The first-order chi connectivity index (χ1) is 16.7. The molecule has 3 saturated carbocycles. The molecule has 9 unspecified atom stereocenters. The maximum Gasteiger partial charge on any atom is 0.317 e. The van der Waals surface area contributed by atoms with Gasteiger partial charge in [0.25, 0.3) is 0 Å². The van der Waals surface area contributed by atoms with Crippen molar-refractivity contribution in [1.82, 2.24) is 0 Å². The summed E-state index contributed by atoms with van der Waals surface area (Å²) in [5.41, 5.74) is -0.411. The van der Waals surface area contributed by atoms with Crippen molar-refractivity contribution in [3.8, 4) is 0 Å². The molecule has 1 aliphatic heterocycles. The van der Waals surface area contributed by atoms with E-state index in [1.54, 1.807) is 0 Å². The van der Waals surface area contributed by atoms with Crippen LogP contribution in [0, 0.1) is 52.8 Å². The number of ether oxygens (including phenoxy) is 2. The Hall–Kier alpha value is -1.43. The zero-order chi connectivity index (χ0) is 25.3. The number of cyclic esters (lactones) is 2. The van der Waals surface area contributed by atoms with Crippen LogP contribution in [0.5, 0.6) is 0 Å². The van der Waals surface area contributed by atoms with Crippen LogP contribution in [-0.2, 0) is 23.9 Å². The van der Waals surface area contributed by atoms with Crippen LogP contribution in [0.4, 0.5) is 0 Å². The van der Waals surface area contributed by atoms with E-state index in [1.165, 1.54) is 7.11 Å². The van der Waals surface area contributed by atoms with E-state index in [1.807, 2.05) is 13.8 Å². The van der Waals surface area contributed by atoms with Crippen LogP contribution in [0.25, 0.3) is 0 Å². The SMILES string of the molecule is COC(=O)C(C)(C)CCCCCCCCCC1C(=O)OC(=O)C1C1C(C)C2CC1C1C(O)CCC21. The summed E-state index contributed by atoms with van der Waals surface area (Å²) in [6.07, 6.45) is 12.0. The van der Waals surface area contributed by atoms with E-state index in [0.717, 1.165) is 77.0 Å². The molecule has 1 heterocycles. The molecule has 4 rings (SSSR count). The van der Waals surface area contributed by atoms with E-state index in [9.17, 15) is 19.5 Å². The van der Waals surface area contributed by atoms with E-state index in [2.05, 4.69) is 6.92 Å². The number of carbonyl (C=O) groups excluding carboxylic acids is 3. The summed E-state index contributed by atoms with van der Waals surface area (Å²) in [4.78, 5) is 37.2. The van der Waals surface area contributed by atoms with Gasteiger partial charge in [-0.25, -0.2) is 0 Å². The molecule has 6 heteroatoms. The van der Waals surface area contributed by atoms with Gasteiger partial charge in [0.1, 0.15) is 0 Å². The number of esters is 3. The minimum absolute atomic E-state index is 0.140. The summed E-state index contributed by atoms with van der Waals surface area (Å²) in [6, 6.07) is 0. The number of fused-ring (bicyclic) bond motifs is 5. The third-order valence-corrected chi connectivity index (χ3v) is 10.3. The lowest BCUT2D eigenvalue weighted by atomic mass is 9.63. The molecule has 0 aromatic heterocycles. The van der Waals surface area contributed by atoms with Gasteiger partial charge in [-0.15, -0.1) is 0 Å². The molecule has 6 nitrogen and oxygen atoms in total. The lowest BCUT2D eigenvalue weighted by Gasteiger charge is -2.40. The van der Waals surface area contributed by atoms with Gasteiger partial charge >= 0.3 is 17.9 Å². The molecule has 0 radical (unpaired) electrons. The highest BCUT2D eigenvalue weighted by Crippen LogP contribution is 2.66. The first-order valence-corrected chi connectivity index (χ1v) is 14.2. The van der Waals surface area contributed by atoms with E-state index in [4.69, 9.17) is 9.47 Å². The zero-order valence-corrected chi connectivity index (χ0v) is 22.2. The Bertz CT molecular complexity index is 790. The predicted octanol–water partition coefficient (Wildman–Crippen LogP) is 5.30. The van der Waals surface area contributed by atoms with E-state index in [-0.39, 0.29) is 41.8 Å². The topological polar surface area (TPSA) is 89.9 Å². The molecule has 198 valence electrons. The van der Waals surface area contributed by atoms with Gasteiger partial charge in [0.05, 0.1) is 30.5 Å². The second-order valence-electron chi connectivity index (χ2n) is 12.6. The highest BCUT2D eigenvalue weighted by atomic mass is 16.6. The predicted molar refractivity (Wildman–Crippen MR) is 132 cm³/mol. The number of unbranched alkanes of at least 4 members (excludes halogenated alkanes) is 6. The monoisotopic (exact) mass is 490 g/mol. The quantitative estimate of drug-likeness (QED) is 0.227. The summed E-state index contributed by atoms with van der Waals surface area (Å²) < 4.78 is 10.1. The van der Waals surface area contributed by atoms with Gasteiger partial charge in [-0.1, -0.05) is 51.9 Å². The van der Waals surface area contributed by atoms with Crippen molar-refractivity contribution < 1.29 is 29.0 Å². The van der Waals surface area contributed by atoms with Gasteiger partial charge < -0.3 is 14.6 Å². The Kier molecular flexibility index (Phi) is 8.29. The van der Waals surface area contributed by atoms with Crippen molar-refractivity contribution in [1.29, 1.82) is 0 Å². The number of carbonyl (C=O) groups is 3. The highest BCUT2D eigenvalue weighted by molar-refractivity contribution is 5.96. The molecular formula is C29H46O6. The van der Waals surface area contributed by atoms with Crippen molar-refractivity contribution >= 4 is 17.9 Å². The van der Waals surface area contributed by atoms with Gasteiger partial charge in [-0.2, -0.15) is 0 Å². The molecule has 1 saturated heterocycles. The van der Waals surface area contributed by atoms with Crippen molar-refractivity contribution in [3.05, 3.63) is 0 Å². The Balaban J connectivity index is 1.19. The number of hydrogen-bond donors (Lipinski definition) is 1. The van der Waals surface area contributed by atoms with Gasteiger partial charge in [0.15, 0.2) is 0 Å². The lowest BCUT2D eigenvalue weighted by molar-refractivity contribution is -0.155. The highest BCUT2D eigenvalue weighted by Gasteiger charge is 2.64. The second kappa shape index (κ2) is 10.9. The smallest absolute Gasteiger partial charge is 0.317 e. The Morgan fingerprint density at radius 2 is 1.60 bits per heavy atom. The average Bonchev–Trinajstić information content (AvgIpc) is 3.53. The van der Waals surface area contributed by atoms with Gasteiger partial charge in [-0.3, -0.25) is 14.4 Å². The largest absolute Gasteiger partial charge is 0.469 e. The fourth-order valence-corrected chi connectivity index (χ4v) is 8.54. The lowest BCUT2D eigenvalue weighted by Crippen LogP contribution is -2.42. The van der Waals surface area contributed by atoms with Crippen LogP contribution < -0.4 is 0 Å². The minimum Gasteiger partial charge on any atom is -0.469 e. The van der Waals surface area contributed by atoms with Gasteiger partial charge in [0.2, 0.25) is 0 Å². The average molecular weight is 491 g/mol. The van der Waals surface area contributed by atoms with Crippen LogP contribution >= 0.6 is 0 Å². The summed E-state index contributed by atoms with van der Waals surface area (Å²) in [5, 5.41) is 10.6. The molecule has 4 fully saturated rings. The number of aliphatic hydroxyl groups excluding tert-OH is 1. The Morgan fingerprint density at radius 1 is 0.943 bits per heavy atom. The molecule has 0 spiro atoms. The molecule has 4 aliphatic rings. The molecule has 2 bridgehead atoms. The maximum atomic E-state index is 12.8. The molecular weight excluding hydrogens is 444 g/mol. The normalized spacial score (nSPS) is 38.1. The fraction of sp³-hybridized carbons (Fsp3) is 0.897. The van der Waals surface area contributed by atoms with Crippen LogP contribution in [0.1, 0.15) is 97.8 Å². The van der Waals surface area contributed by atoms with Gasteiger partial charge in [-0.05, 0) is 81.5 Å². The summed E-state index contributed by atoms with van der Waals surface area (Å²) in [5.74, 6) is 1.15. The van der Waals surface area contributed by atoms with E-state index < -0.39 is 5.41 Å². The molecule has 0 aromatic carbocycles. The van der Waals surface area contributed by atoms with Gasteiger partial charge in [0, 0.05) is 0 Å². The molecule has 0 amide bonds. The third kappa shape index (κ3) is 5.19. The number of hydrogen-bond acceptors (Lipinski definition) is 6. The van der Waals surface area contributed by atoms with Crippen LogP contribution in [-0.4, -0.2) is 36.2 Å². The number of methoxy groups -OCH3 is 1. The Morgan fingerprint density at radius 3 is 2.29 bits per heavy atom. The second-order valence-corrected chi connectivity index (χ2v) is 12.6. The summed E-state index contributed by atoms with van der Waals surface area (Å²) in [7, 11) is 1.45. The third-order valence-electron chi connectivity index (χ3n) is 10.3. The first-order valence-electron chi connectivity index (χ1n) is 14.2. The Labute approximate surface area is 210 Å². The maximum absolute atomic E-state index is 12.8. The number of aliphatic hydroxyl groups is 1. The van der Waals surface area contributed by atoms with Crippen molar-refractivity contribution in [2.24, 2.45) is 52.8 Å². The molecule has 0 aromatic rings. The van der Waals surface area contributed by atoms with E-state index in [0.29, 0.717) is 29.6 Å². The van der Waals surface area contributed by atoms with E-state index >= 15 is 0 Å².